The number of aromatic nitrogens is 4. The van der Waals surface area contributed by atoms with Crippen LogP contribution in [-0.2, 0) is 0 Å². The third kappa shape index (κ3) is 3.10. The summed E-state index contributed by atoms with van der Waals surface area (Å²) in [7, 11) is 1.68. The predicted molar refractivity (Wildman–Crippen MR) is 74.0 cm³/mol. The molecule has 2 aromatic rings. The highest BCUT2D eigenvalue weighted by molar-refractivity contribution is 5.78. The van der Waals surface area contributed by atoms with Crippen LogP contribution in [0, 0.1) is 21.4 Å². The van der Waals surface area contributed by atoms with Gasteiger partial charge >= 0.3 is 0 Å². The summed E-state index contributed by atoms with van der Waals surface area (Å²) in [6.45, 7) is 0. The van der Waals surface area contributed by atoms with Crippen LogP contribution in [-0.4, -0.2) is 32.6 Å². The lowest BCUT2D eigenvalue weighted by Gasteiger charge is -2.08. The highest BCUT2D eigenvalue weighted by atomic mass is 16.6. The van der Waals surface area contributed by atoms with E-state index in [4.69, 9.17) is 5.26 Å². The predicted octanol–water partition coefficient (Wildman–Crippen LogP) is 1.13. The fraction of sp³-hybridized carbons (Fsp3) is 0.0909. The van der Waals surface area contributed by atoms with Crippen LogP contribution in [0.15, 0.2) is 24.4 Å². The minimum Gasteiger partial charge on any atom is -0.386 e. The molecule has 1 aromatic heterocycles. The zero-order valence-corrected chi connectivity index (χ0v) is 10.9. The van der Waals surface area contributed by atoms with Crippen LogP contribution >= 0.6 is 0 Å². The maximum absolute atomic E-state index is 10.8. The summed E-state index contributed by atoms with van der Waals surface area (Å²) in [5, 5.41) is 38.5. The van der Waals surface area contributed by atoms with Gasteiger partial charge in [0.05, 0.1) is 16.3 Å². The smallest absolute Gasteiger partial charge is 0.271 e. The maximum atomic E-state index is 10.8. The fourth-order valence-electron chi connectivity index (χ4n) is 1.56. The molecule has 10 heteroatoms. The average Bonchev–Trinajstić information content (AvgIpc) is 3.02. The van der Waals surface area contributed by atoms with Crippen molar-refractivity contribution in [2.75, 3.05) is 17.7 Å². The molecule has 0 fully saturated rings. The number of nitro groups is 1. The Hall–Kier alpha value is -3.48. The molecule has 106 valence electrons. The van der Waals surface area contributed by atoms with Crippen LogP contribution in [0.5, 0.6) is 0 Å². The molecule has 1 aromatic carbocycles. The van der Waals surface area contributed by atoms with Gasteiger partial charge in [-0.05, 0) is 11.3 Å². The summed E-state index contributed by atoms with van der Waals surface area (Å²) in [6, 6.07) is 6.21. The molecule has 0 unspecified atom stereocenters. The zero-order chi connectivity index (χ0) is 15.2. The highest BCUT2D eigenvalue weighted by Gasteiger charge is 2.10. The van der Waals surface area contributed by atoms with Crippen molar-refractivity contribution in [1.82, 2.24) is 20.6 Å². The SMILES string of the molecule is CNc1ccc([N+](=O)[O-])cc1NC=C(C#N)c1nn[nH]n1. The van der Waals surface area contributed by atoms with Crippen LogP contribution in [0.3, 0.4) is 0 Å². The van der Waals surface area contributed by atoms with Gasteiger partial charge in [-0.15, -0.1) is 10.2 Å². The summed E-state index contributed by atoms with van der Waals surface area (Å²) in [5.41, 5.74) is 1.16. The van der Waals surface area contributed by atoms with Crippen molar-refractivity contribution in [2.24, 2.45) is 0 Å². The third-order valence-corrected chi connectivity index (χ3v) is 2.56. The van der Waals surface area contributed by atoms with E-state index in [2.05, 4.69) is 31.3 Å². The Labute approximate surface area is 118 Å². The number of allylic oxidation sites excluding steroid dienone is 1. The number of anilines is 2. The number of hydrogen-bond acceptors (Lipinski definition) is 8. The van der Waals surface area contributed by atoms with Crippen LogP contribution in [0.4, 0.5) is 17.1 Å². The number of nitriles is 1. The minimum atomic E-state index is -0.501. The number of benzene rings is 1. The molecule has 10 nitrogen and oxygen atoms in total. The third-order valence-electron chi connectivity index (χ3n) is 2.56. The van der Waals surface area contributed by atoms with Gasteiger partial charge < -0.3 is 10.6 Å². The van der Waals surface area contributed by atoms with Crippen molar-refractivity contribution in [3.05, 3.63) is 40.3 Å². The first-order valence-corrected chi connectivity index (χ1v) is 5.72. The molecule has 0 aliphatic rings. The molecule has 0 atom stereocenters. The van der Waals surface area contributed by atoms with E-state index >= 15 is 0 Å². The van der Waals surface area contributed by atoms with E-state index in [0.29, 0.717) is 11.4 Å². The van der Waals surface area contributed by atoms with Gasteiger partial charge in [-0.2, -0.15) is 10.5 Å². The number of aromatic amines is 1. The number of H-pyrrole nitrogens is 1. The van der Waals surface area contributed by atoms with Gasteiger partial charge in [0, 0.05) is 25.4 Å². The molecule has 0 bridgehead atoms. The van der Waals surface area contributed by atoms with Gasteiger partial charge in [0.2, 0.25) is 5.82 Å². The van der Waals surface area contributed by atoms with Crippen LogP contribution in [0.2, 0.25) is 0 Å². The Morgan fingerprint density at radius 2 is 2.33 bits per heavy atom. The number of hydrogen-bond donors (Lipinski definition) is 3. The molecule has 0 saturated heterocycles. The number of nitro benzene ring substituents is 1. The first-order chi connectivity index (χ1) is 10.2. The number of rotatable bonds is 5. The Morgan fingerprint density at radius 1 is 1.52 bits per heavy atom. The Kier molecular flexibility index (Phi) is 4.06. The molecule has 0 saturated carbocycles. The van der Waals surface area contributed by atoms with E-state index in [0.717, 1.165) is 0 Å². The largest absolute Gasteiger partial charge is 0.386 e. The number of nitrogens with zero attached hydrogens (tertiary/aromatic N) is 5. The average molecular weight is 286 g/mol. The Balaban J connectivity index is 2.32. The summed E-state index contributed by atoms with van der Waals surface area (Å²) < 4.78 is 0. The summed E-state index contributed by atoms with van der Waals surface area (Å²) >= 11 is 0. The van der Waals surface area contributed by atoms with Crippen LogP contribution < -0.4 is 10.6 Å². The van der Waals surface area contributed by atoms with Crippen molar-refractivity contribution < 1.29 is 4.92 Å². The second kappa shape index (κ2) is 6.11. The maximum Gasteiger partial charge on any atom is 0.271 e. The molecule has 2 rings (SSSR count). The quantitative estimate of drug-likeness (QED) is 0.421. The van der Waals surface area contributed by atoms with Gasteiger partial charge in [0.15, 0.2) is 0 Å². The van der Waals surface area contributed by atoms with E-state index in [1.165, 1.54) is 18.3 Å². The molecule has 0 spiro atoms. The van der Waals surface area contributed by atoms with E-state index in [1.54, 1.807) is 13.1 Å². The molecule has 21 heavy (non-hydrogen) atoms. The van der Waals surface area contributed by atoms with Crippen LogP contribution in [0.25, 0.3) is 5.57 Å². The minimum absolute atomic E-state index is 0.0667. The molecule has 0 aliphatic heterocycles. The van der Waals surface area contributed by atoms with Crippen molar-refractivity contribution >= 4 is 22.6 Å². The lowest BCUT2D eigenvalue weighted by atomic mass is 10.2. The molecular formula is C11H10N8O2. The van der Waals surface area contributed by atoms with Crippen molar-refractivity contribution in [2.45, 2.75) is 0 Å². The molecule has 0 amide bonds. The van der Waals surface area contributed by atoms with Gasteiger partial charge in [0.1, 0.15) is 11.6 Å². The first kappa shape index (κ1) is 13.9. The zero-order valence-electron chi connectivity index (χ0n) is 10.9. The number of tetrazole rings is 1. The lowest BCUT2D eigenvalue weighted by Crippen LogP contribution is -1.99. The number of nitrogens with one attached hydrogen (secondary N) is 3. The Morgan fingerprint density at radius 3 is 2.90 bits per heavy atom. The topological polar surface area (TPSA) is 145 Å². The second-order valence-electron chi connectivity index (χ2n) is 3.79. The van der Waals surface area contributed by atoms with Crippen molar-refractivity contribution in [3.8, 4) is 6.07 Å². The van der Waals surface area contributed by atoms with E-state index in [9.17, 15) is 10.1 Å². The van der Waals surface area contributed by atoms with Gasteiger partial charge in [0.25, 0.3) is 5.69 Å². The molecule has 0 aliphatic carbocycles. The van der Waals surface area contributed by atoms with E-state index < -0.39 is 4.92 Å². The normalized spacial score (nSPS) is 10.8. The summed E-state index contributed by atoms with van der Waals surface area (Å²) in [5.74, 6) is 0.126. The molecule has 0 radical (unpaired) electrons. The monoisotopic (exact) mass is 286 g/mol. The Bertz CT molecular complexity index is 716. The molecule has 1 heterocycles. The van der Waals surface area contributed by atoms with Crippen molar-refractivity contribution in [3.63, 3.8) is 0 Å². The second-order valence-corrected chi connectivity index (χ2v) is 3.79. The molecule has 3 N–H and O–H groups in total. The van der Waals surface area contributed by atoms with Crippen LogP contribution in [0.1, 0.15) is 5.82 Å². The van der Waals surface area contributed by atoms with E-state index in [-0.39, 0.29) is 17.1 Å². The van der Waals surface area contributed by atoms with Crippen molar-refractivity contribution in [1.29, 1.82) is 5.26 Å². The lowest BCUT2D eigenvalue weighted by molar-refractivity contribution is -0.384. The summed E-state index contributed by atoms with van der Waals surface area (Å²) in [4.78, 5) is 10.3. The standard InChI is InChI=1S/C11H10N8O2/c1-13-9-3-2-8(19(20)21)4-10(9)14-6-7(5-12)11-15-17-18-16-11/h2-4,6,13-14H,1H3,(H,15,16,17,18). The van der Waals surface area contributed by atoms with E-state index in [1.807, 2.05) is 6.07 Å². The number of non-ortho nitro benzene ring substituents is 1. The van der Waals surface area contributed by atoms with Gasteiger partial charge in [-0.25, -0.2) is 0 Å². The highest BCUT2D eigenvalue weighted by Crippen LogP contribution is 2.27. The molecular weight excluding hydrogens is 276 g/mol. The van der Waals surface area contributed by atoms with Gasteiger partial charge in [-0.1, -0.05) is 0 Å². The van der Waals surface area contributed by atoms with Gasteiger partial charge in [-0.3, -0.25) is 10.1 Å². The summed E-state index contributed by atoms with van der Waals surface area (Å²) in [6.07, 6.45) is 1.35. The fourth-order valence-corrected chi connectivity index (χ4v) is 1.56. The first-order valence-electron chi connectivity index (χ1n) is 5.72.